The molecule has 0 radical (unpaired) electrons. The van der Waals surface area contributed by atoms with Gasteiger partial charge in [0.05, 0.1) is 6.54 Å². The molecule has 11 heteroatoms. The number of primary amides is 1. The number of aliphatic imine (C=N–C) groups is 1. The number of nitrogens with zero attached hydrogens (tertiary/aromatic N) is 2. The van der Waals surface area contributed by atoms with Crippen LogP contribution in [0.4, 0.5) is 0 Å². The fourth-order valence-corrected chi connectivity index (χ4v) is 6.35. The van der Waals surface area contributed by atoms with E-state index in [4.69, 9.17) is 5.73 Å². The average molecular weight is 467 g/mol. The Labute approximate surface area is 187 Å². The minimum absolute atomic E-state index is 0.0739. The van der Waals surface area contributed by atoms with Crippen molar-refractivity contribution < 1.29 is 27.6 Å². The van der Waals surface area contributed by atoms with Gasteiger partial charge in [0.15, 0.2) is 11.6 Å². The van der Waals surface area contributed by atoms with Crippen LogP contribution in [0, 0.1) is 5.41 Å². The molecule has 1 atom stereocenters. The standard InChI is InChI=1S/C21H30N4O6S/c22-20(29)21(9-2-1-3-10-21)11-8-18(28)25(15-6-4-12-23-14-17(15)27)32(30,31)19-16(26)7-5-13-24-19/h5,13,15,23H,1-4,6-12,14H2,(H2,22,29)/t15-/m0/s1. The minimum Gasteiger partial charge on any atom is -0.369 e. The van der Waals surface area contributed by atoms with Gasteiger partial charge in [0.1, 0.15) is 6.04 Å². The summed E-state index contributed by atoms with van der Waals surface area (Å²) in [5.74, 6) is -2.49. The number of carbonyl (C=O) groups excluding carboxylic acids is 4. The molecule has 0 aromatic rings. The summed E-state index contributed by atoms with van der Waals surface area (Å²) in [6, 6.07) is -1.22. The van der Waals surface area contributed by atoms with Crippen LogP contribution < -0.4 is 11.1 Å². The van der Waals surface area contributed by atoms with E-state index in [0.717, 1.165) is 19.3 Å². The third-order valence-corrected chi connectivity index (χ3v) is 8.32. The Kier molecular flexibility index (Phi) is 7.60. The summed E-state index contributed by atoms with van der Waals surface area (Å²) < 4.78 is 27.4. The second-order valence-corrected chi connectivity index (χ2v) is 10.4. The van der Waals surface area contributed by atoms with E-state index in [1.807, 2.05) is 0 Å². The van der Waals surface area contributed by atoms with Crippen LogP contribution in [0.5, 0.6) is 0 Å². The van der Waals surface area contributed by atoms with Crippen LogP contribution in [0.3, 0.4) is 0 Å². The van der Waals surface area contributed by atoms with Crippen molar-refractivity contribution in [2.24, 2.45) is 16.1 Å². The largest absolute Gasteiger partial charge is 0.369 e. The van der Waals surface area contributed by atoms with E-state index in [1.54, 1.807) is 0 Å². The molecule has 10 nitrogen and oxygen atoms in total. The Bertz CT molecular complexity index is 949. The van der Waals surface area contributed by atoms with Gasteiger partial charge < -0.3 is 11.1 Å². The number of nitrogens with two attached hydrogens (primary N) is 1. The van der Waals surface area contributed by atoms with Crippen molar-refractivity contribution in [3.05, 3.63) is 12.3 Å². The summed E-state index contributed by atoms with van der Waals surface area (Å²) in [5, 5.41) is 2.18. The van der Waals surface area contributed by atoms with Crippen LogP contribution in [0.2, 0.25) is 0 Å². The molecule has 0 unspecified atom stereocenters. The minimum atomic E-state index is -4.65. The van der Waals surface area contributed by atoms with Gasteiger partial charge in [0, 0.05) is 24.5 Å². The Morgan fingerprint density at radius 2 is 1.91 bits per heavy atom. The summed E-state index contributed by atoms with van der Waals surface area (Å²) in [6.07, 6.45) is 6.64. The van der Waals surface area contributed by atoms with Gasteiger partial charge in [0.2, 0.25) is 16.9 Å². The van der Waals surface area contributed by atoms with Gasteiger partial charge in [0.25, 0.3) is 10.0 Å². The Balaban J connectivity index is 1.93. The summed E-state index contributed by atoms with van der Waals surface area (Å²) >= 11 is 0. The van der Waals surface area contributed by atoms with Crippen molar-refractivity contribution in [2.75, 3.05) is 13.1 Å². The first kappa shape index (κ1) is 24.2. The van der Waals surface area contributed by atoms with E-state index in [9.17, 15) is 27.6 Å². The van der Waals surface area contributed by atoms with Crippen molar-refractivity contribution in [3.63, 3.8) is 0 Å². The second kappa shape index (κ2) is 10.0. The van der Waals surface area contributed by atoms with Crippen molar-refractivity contribution in [1.29, 1.82) is 0 Å². The molecule has 3 aliphatic rings. The Hall–Kier alpha value is -2.40. The highest BCUT2D eigenvalue weighted by Crippen LogP contribution is 2.40. The van der Waals surface area contributed by atoms with E-state index < -0.39 is 49.9 Å². The molecule has 2 fully saturated rings. The van der Waals surface area contributed by atoms with Crippen molar-refractivity contribution in [3.8, 4) is 0 Å². The van der Waals surface area contributed by atoms with Gasteiger partial charge in [-0.3, -0.25) is 19.2 Å². The normalized spacial score (nSPS) is 23.9. The van der Waals surface area contributed by atoms with Crippen LogP contribution in [-0.4, -0.2) is 60.3 Å². The third-order valence-electron chi connectivity index (χ3n) is 6.52. The fraction of sp³-hybridized carbons (Fsp3) is 0.667. The molecule has 0 bridgehead atoms. The number of nitrogens with one attached hydrogen (secondary N) is 1. The lowest BCUT2D eigenvalue weighted by Crippen LogP contribution is -2.53. The molecule has 3 rings (SSSR count). The molecule has 2 aliphatic heterocycles. The zero-order valence-corrected chi connectivity index (χ0v) is 18.9. The monoisotopic (exact) mass is 466 g/mol. The van der Waals surface area contributed by atoms with Crippen LogP contribution in [0.1, 0.15) is 64.2 Å². The second-order valence-electron chi connectivity index (χ2n) is 8.65. The van der Waals surface area contributed by atoms with Crippen LogP contribution >= 0.6 is 0 Å². The van der Waals surface area contributed by atoms with Crippen molar-refractivity contribution in [2.45, 2.75) is 70.3 Å². The van der Waals surface area contributed by atoms with Gasteiger partial charge in [-0.05, 0) is 38.6 Å². The quantitative estimate of drug-likeness (QED) is 0.600. The topological polar surface area (TPSA) is 156 Å². The highest BCUT2D eigenvalue weighted by molar-refractivity contribution is 8.06. The SMILES string of the molecule is NC(=O)C1(CCC(=O)N([C@H]2CCCNCC2=O)S(=O)(=O)C2=NC=CCC2=O)CCCCC1. The average Bonchev–Trinajstić information content (AvgIpc) is 2.97. The molecular formula is C21H30N4O6S. The number of ketones is 2. The van der Waals surface area contributed by atoms with Gasteiger partial charge in [-0.2, -0.15) is 8.42 Å². The Morgan fingerprint density at radius 1 is 1.19 bits per heavy atom. The summed E-state index contributed by atoms with van der Waals surface area (Å²) in [5.41, 5.74) is 4.79. The van der Waals surface area contributed by atoms with E-state index in [2.05, 4.69) is 10.3 Å². The third kappa shape index (κ3) is 4.98. The number of hydrogen-bond acceptors (Lipinski definition) is 8. The zero-order chi connectivity index (χ0) is 23.4. The highest BCUT2D eigenvalue weighted by Gasteiger charge is 2.45. The molecular weight excluding hydrogens is 436 g/mol. The molecule has 2 amide bonds. The maximum atomic E-state index is 13.4. The van der Waals surface area contributed by atoms with Crippen molar-refractivity contribution in [1.82, 2.24) is 9.62 Å². The molecule has 0 aromatic heterocycles. The van der Waals surface area contributed by atoms with Crippen molar-refractivity contribution >= 4 is 38.4 Å². The molecule has 0 aromatic carbocycles. The number of sulfonamides is 1. The molecule has 0 spiro atoms. The maximum absolute atomic E-state index is 13.4. The number of carbonyl (C=O) groups is 4. The fourth-order valence-electron chi connectivity index (χ4n) is 4.68. The maximum Gasteiger partial charge on any atom is 0.288 e. The lowest BCUT2D eigenvalue weighted by molar-refractivity contribution is -0.136. The summed E-state index contributed by atoms with van der Waals surface area (Å²) in [7, 11) is -4.65. The Morgan fingerprint density at radius 3 is 2.56 bits per heavy atom. The van der Waals surface area contributed by atoms with Crippen LogP contribution in [0.25, 0.3) is 0 Å². The number of Topliss-reactive ketones (excluding diaryl/α,β-unsaturated/α-hetero) is 2. The lowest BCUT2D eigenvalue weighted by atomic mass is 9.70. The van der Waals surface area contributed by atoms with Crippen LogP contribution in [0.15, 0.2) is 17.3 Å². The number of hydrogen-bond donors (Lipinski definition) is 2. The zero-order valence-electron chi connectivity index (χ0n) is 18.0. The first-order chi connectivity index (χ1) is 15.2. The van der Waals surface area contributed by atoms with Gasteiger partial charge >= 0.3 is 0 Å². The van der Waals surface area contributed by atoms with Gasteiger partial charge in [-0.15, -0.1) is 0 Å². The van der Waals surface area contributed by atoms with Crippen LogP contribution in [-0.2, 0) is 29.2 Å². The molecule has 1 saturated carbocycles. The predicted octanol–water partition coefficient (Wildman–Crippen LogP) is 0.567. The first-order valence-electron chi connectivity index (χ1n) is 11.1. The summed E-state index contributed by atoms with van der Waals surface area (Å²) in [6.45, 7) is 0.438. The summed E-state index contributed by atoms with van der Waals surface area (Å²) in [4.78, 5) is 54.3. The van der Waals surface area contributed by atoms with E-state index in [-0.39, 0.29) is 32.2 Å². The molecule has 2 heterocycles. The number of rotatable bonds is 5. The molecule has 3 N–H and O–H groups in total. The number of amides is 2. The first-order valence-corrected chi connectivity index (χ1v) is 12.5. The van der Waals surface area contributed by atoms with Gasteiger partial charge in [-0.25, -0.2) is 9.30 Å². The molecule has 176 valence electrons. The molecule has 1 aliphatic carbocycles. The highest BCUT2D eigenvalue weighted by atomic mass is 32.2. The van der Waals surface area contributed by atoms with E-state index >= 15 is 0 Å². The lowest BCUT2D eigenvalue weighted by Gasteiger charge is -2.35. The molecule has 1 saturated heterocycles. The smallest absolute Gasteiger partial charge is 0.288 e. The number of allylic oxidation sites excluding steroid dienone is 1. The predicted molar refractivity (Wildman–Crippen MR) is 117 cm³/mol. The van der Waals surface area contributed by atoms with E-state index in [1.165, 1.54) is 12.3 Å². The molecule has 32 heavy (non-hydrogen) atoms. The van der Waals surface area contributed by atoms with Gasteiger partial charge in [-0.1, -0.05) is 25.3 Å². The van der Waals surface area contributed by atoms with E-state index in [0.29, 0.717) is 30.1 Å².